The molecule has 2 heterocycles. The lowest BCUT2D eigenvalue weighted by atomic mass is 9.90. The molecule has 0 N–H and O–H groups in total. The number of benzene rings is 4. The molecule has 6 nitrogen and oxygen atoms in total. The molecule has 0 aliphatic carbocycles. The Kier molecular flexibility index (Phi) is 4.81. The van der Waals surface area contributed by atoms with Crippen LogP contribution in [0.1, 0.15) is 11.6 Å². The molecule has 34 heavy (non-hydrogen) atoms. The van der Waals surface area contributed by atoms with Gasteiger partial charge < -0.3 is 4.74 Å². The van der Waals surface area contributed by atoms with Gasteiger partial charge >= 0.3 is 0 Å². The molecule has 0 saturated carbocycles. The van der Waals surface area contributed by atoms with Crippen molar-refractivity contribution in [2.75, 3.05) is 17.1 Å². The lowest BCUT2D eigenvalue weighted by Crippen LogP contribution is -2.37. The molecule has 4 aromatic carbocycles. The van der Waals surface area contributed by atoms with Crippen LogP contribution in [-0.4, -0.2) is 25.0 Å². The number of methoxy groups -OCH3 is 1. The first-order valence-electron chi connectivity index (χ1n) is 11.2. The van der Waals surface area contributed by atoms with Gasteiger partial charge in [-0.1, -0.05) is 66.7 Å². The summed E-state index contributed by atoms with van der Waals surface area (Å²) in [6.07, 6.45) is -0.904. The van der Waals surface area contributed by atoms with Gasteiger partial charge in [0.25, 0.3) is 5.91 Å². The first kappa shape index (κ1) is 20.4. The predicted molar refractivity (Wildman–Crippen MR) is 129 cm³/mol. The van der Waals surface area contributed by atoms with Crippen LogP contribution >= 0.6 is 0 Å². The van der Waals surface area contributed by atoms with Crippen molar-refractivity contribution in [1.29, 1.82) is 0 Å². The largest absolute Gasteiger partial charge is 0.497 e. The molecule has 0 spiro atoms. The lowest BCUT2D eigenvalue weighted by molar-refractivity contribution is -0.126. The van der Waals surface area contributed by atoms with E-state index in [1.807, 2.05) is 97.1 Å². The highest BCUT2D eigenvalue weighted by Gasteiger charge is 2.60. The maximum absolute atomic E-state index is 13.9. The second-order valence-corrected chi connectivity index (χ2v) is 8.44. The van der Waals surface area contributed by atoms with Crippen LogP contribution in [0, 0.1) is 5.92 Å². The summed E-state index contributed by atoms with van der Waals surface area (Å²) in [6, 6.07) is 30.1. The number of hydrogen-bond acceptors (Lipinski definition) is 5. The van der Waals surface area contributed by atoms with Gasteiger partial charge in [-0.25, -0.2) is 9.96 Å². The molecule has 3 atom stereocenters. The standard InChI is InChI=1S/C28H22N2O4/c1-33-21-16-14-20(15-17-21)30-25(19-9-3-2-4-10-19)24-26(34-30)28(32)29(27(24)31)23-13-7-11-18-8-5-6-12-22(18)23/h2-17,24-26H,1H3/t24-,25-,26+/m1/s1. The second kappa shape index (κ2) is 8.01. The van der Waals surface area contributed by atoms with Crippen LogP contribution in [0.15, 0.2) is 97.1 Å². The number of imide groups is 1. The van der Waals surface area contributed by atoms with Crippen molar-refractivity contribution >= 4 is 34.0 Å². The van der Waals surface area contributed by atoms with E-state index in [0.29, 0.717) is 11.4 Å². The van der Waals surface area contributed by atoms with Crippen molar-refractivity contribution in [1.82, 2.24) is 0 Å². The molecular weight excluding hydrogens is 428 g/mol. The Bertz CT molecular complexity index is 1380. The summed E-state index contributed by atoms with van der Waals surface area (Å²) in [5.74, 6) is -0.552. The van der Waals surface area contributed by atoms with Crippen LogP contribution in [0.25, 0.3) is 10.8 Å². The van der Waals surface area contributed by atoms with Crippen molar-refractivity contribution < 1.29 is 19.2 Å². The van der Waals surface area contributed by atoms with E-state index in [1.165, 1.54) is 4.90 Å². The first-order chi connectivity index (χ1) is 16.7. The third-order valence-corrected chi connectivity index (χ3v) is 6.59. The van der Waals surface area contributed by atoms with E-state index >= 15 is 0 Å². The van der Waals surface area contributed by atoms with E-state index < -0.39 is 18.1 Å². The van der Waals surface area contributed by atoms with Crippen molar-refractivity contribution in [3.8, 4) is 5.75 Å². The smallest absolute Gasteiger partial charge is 0.266 e. The quantitative estimate of drug-likeness (QED) is 0.414. The van der Waals surface area contributed by atoms with Gasteiger partial charge in [0.2, 0.25) is 5.91 Å². The SMILES string of the molecule is COc1ccc(N2O[C@@H]3C(=O)N(c4cccc5ccccc45)C(=O)[C@@H]3[C@H]2c2ccccc2)cc1. The topological polar surface area (TPSA) is 59.1 Å². The number of hydroxylamine groups is 1. The van der Waals surface area contributed by atoms with E-state index in [-0.39, 0.29) is 11.8 Å². The van der Waals surface area contributed by atoms with Gasteiger partial charge in [0.15, 0.2) is 6.10 Å². The van der Waals surface area contributed by atoms with Crippen LogP contribution < -0.4 is 14.7 Å². The highest BCUT2D eigenvalue weighted by Crippen LogP contribution is 2.48. The van der Waals surface area contributed by atoms with Gasteiger partial charge in [-0.15, -0.1) is 0 Å². The lowest BCUT2D eigenvalue weighted by Gasteiger charge is -2.29. The molecular formula is C28H22N2O4. The zero-order valence-electron chi connectivity index (χ0n) is 18.5. The third kappa shape index (κ3) is 3.07. The Labute approximate surface area is 196 Å². The van der Waals surface area contributed by atoms with E-state index in [4.69, 9.17) is 9.57 Å². The number of carbonyl (C=O) groups is 2. The van der Waals surface area contributed by atoms with E-state index in [1.54, 1.807) is 12.2 Å². The zero-order chi connectivity index (χ0) is 23.2. The summed E-state index contributed by atoms with van der Waals surface area (Å²) >= 11 is 0. The van der Waals surface area contributed by atoms with E-state index in [2.05, 4.69) is 0 Å². The fourth-order valence-electron chi connectivity index (χ4n) is 5.00. The molecule has 2 fully saturated rings. The Morgan fingerprint density at radius 1 is 0.765 bits per heavy atom. The molecule has 0 aromatic heterocycles. The average molecular weight is 450 g/mol. The molecule has 2 aliphatic heterocycles. The highest BCUT2D eigenvalue weighted by molar-refractivity contribution is 6.26. The Hall–Kier alpha value is -4.16. The number of anilines is 2. The summed E-state index contributed by atoms with van der Waals surface area (Å²) in [5.41, 5.74) is 2.25. The molecule has 0 radical (unpaired) electrons. The van der Waals surface area contributed by atoms with Gasteiger partial charge in [0, 0.05) is 5.39 Å². The number of amides is 2. The van der Waals surface area contributed by atoms with E-state index in [9.17, 15) is 9.59 Å². The van der Waals surface area contributed by atoms with Crippen LogP contribution in [0.5, 0.6) is 5.75 Å². The highest BCUT2D eigenvalue weighted by atomic mass is 16.7. The molecule has 2 amide bonds. The minimum absolute atomic E-state index is 0.254. The average Bonchev–Trinajstić information content (AvgIpc) is 3.40. The summed E-state index contributed by atoms with van der Waals surface area (Å²) in [5, 5.41) is 3.52. The summed E-state index contributed by atoms with van der Waals surface area (Å²) < 4.78 is 5.28. The molecule has 2 aliphatic rings. The third-order valence-electron chi connectivity index (χ3n) is 6.59. The van der Waals surface area contributed by atoms with Gasteiger partial charge in [0.05, 0.1) is 24.5 Å². The fraction of sp³-hybridized carbons (Fsp3) is 0.143. The van der Waals surface area contributed by atoms with Crippen LogP contribution in [0.4, 0.5) is 11.4 Å². The first-order valence-corrected chi connectivity index (χ1v) is 11.2. The molecule has 168 valence electrons. The fourth-order valence-corrected chi connectivity index (χ4v) is 5.00. The number of hydrogen-bond donors (Lipinski definition) is 0. The molecule has 4 aromatic rings. The van der Waals surface area contributed by atoms with Crippen molar-refractivity contribution in [2.24, 2.45) is 5.92 Å². The molecule has 6 heteroatoms. The normalized spacial score (nSPS) is 21.9. The molecule has 0 bridgehead atoms. The Morgan fingerprint density at radius 2 is 1.47 bits per heavy atom. The van der Waals surface area contributed by atoms with Gasteiger partial charge in [-0.3, -0.25) is 14.4 Å². The summed E-state index contributed by atoms with van der Waals surface area (Å²) in [6.45, 7) is 0. The Morgan fingerprint density at radius 3 is 2.24 bits per heavy atom. The number of nitrogens with zero attached hydrogens (tertiary/aromatic N) is 2. The van der Waals surface area contributed by atoms with Crippen molar-refractivity contribution in [3.63, 3.8) is 0 Å². The monoisotopic (exact) mass is 450 g/mol. The van der Waals surface area contributed by atoms with Crippen molar-refractivity contribution in [2.45, 2.75) is 12.1 Å². The van der Waals surface area contributed by atoms with Crippen molar-refractivity contribution in [3.05, 3.63) is 103 Å². The Balaban J connectivity index is 1.44. The van der Waals surface area contributed by atoms with Gasteiger partial charge in [-0.2, -0.15) is 0 Å². The molecule has 2 saturated heterocycles. The minimum Gasteiger partial charge on any atom is -0.497 e. The maximum Gasteiger partial charge on any atom is 0.266 e. The van der Waals surface area contributed by atoms with Crippen LogP contribution in [0.3, 0.4) is 0 Å². The summed E-state index contributed by atoms with van der Waals surface area (Å²) in [4.78, 5) is 35.1. The predicted octanol–water partition coefficient (Wildman–Crippen LogP) is 4.90. The van der Waals surface area contributed by atoms with Gasteiger partial charge in [0.1, 0.15) is 11.7 Å². The molecule has 6 rings (SSSR count). The van der Waals surface area contributed by atoms with Crippen LogP contribution in [0.2, 0.25) is 0 Å². The van der Waals surface area contributed by atoms with E-state index in [0.717, 1.165) is 22.0 Å². The van der Waals surface area contributed by atoms with Crippen LogP contribution in [-0.2, 0) is 14.4 Å². The number of fused-ring (bicyclic) bond motifs is 2. The number of ether oxygens (including phenoxy) is 1. The number of carbonyl (C=O) groups excluding carboxylic acids is 2. The minimum atomic E-state index is -0.904. The maximum atomic E-state index is 13.9. The van der Waals surface area contributed by atoms with Gasteiger partial charge in [-0.05, 0) is 41.3 Å². The molecule has 0 unspecified atom stereocenters. The summed E-state index contributed by atoms with van der Waals surface area (Å²) in [7, 11) is 1.61. The second-order valence-electron chi connectivity index (χ2n) is 8.44. The zero-order valence-corrected chi connectivity index (χ0v) is 18.5. The number of rotatable bonds is 4.